The molecule has 0 saturated heterocycles. The van der Waals surface area contributed by atoms with E-state index in [-0.39, 0.29) is 0 Å². The molecule has 2 heterocycles. The van der Waals surface area contributed by atoms with Crippen LogP contribution in [0.25, 0.3) is 27.8 Å². The summed E-state index contributed by atoms with van der Waals surface area (Å²) in [5, 5.41) is 7.28. The highest BCUT2D eigenvalue weighted by atomic mass is 35.5. The van der Waals surface area contributed by atoms with Gasteiger partial charge in [-0.3, -0.25) is 0 Å². The lowest BCUT2D eigenvalue weighted by Crippen LogP contribution is -2.12. The molecule has 0 amide bonds. The minimum Gasteiger partial charge on any atom is -0.459 e. The van der Waals surface area contributed by atoms with Gasteiger partial charge >= 0.3 is 0 Å². The summed E-state index contributed by atoms with van der Waals surface area (Å²) >= 11 is 6.03. The van der Waals surface area contributed by atoms with Gasteiger partial charge in [-0.2, -0.15) is 0 Å². The fourth-order valence-electron chi connectivity index (χ4n) is 2.48. The van der Waals surface area contributed by atoms with Gasteiger partial charge in [-0.1, -0.05) is 35.9 Å². The van der Waals surface area contributed by atoms with E-state index in [1.807, 2.05) is 18.2 Å². The number of hydrogen-bond donors (Lipinski definition) is 1. The first-order valence-corrected chi connectivity index (χ1v) is 6.24. The van der Waals surface area contributed by atoms with Gasteiger partial charge in [-0.15, -0.1) is 0 Å². The molecule has 0 bridgehead atoms. The highest BCUT2D eigenvalue weighted by Gasteiger charge is 2.17. The van der Waals surface area contributed by atoms with E-state index in [4.69, 9.17) is 16.0 Å². The number of furan rings is 1. The molecule has 1 aliphatic rings. The Labute approximate surface area is 109 Å². The quantitative estimate of drug-likeness (QED) is 0.608. The van der Waals surface area contributed by atoms with E-state index < -0.39 is 0 Å². The van der Waals surface area contributed by atoms with E-state index in [2.05, 4.69) is 29.6 Å². The fourth-order valence-corrected chi connectivity index (χ4v) is 2.66. The smallest absolute Gasteiger partial charge is 0.135 e. The van der Waals surface area contributed by atoms with Crippen molar-refractivity contribution >= 4 is 39.4 Å². The van der Waals surface area contributed by atoms with Gasteiger partial charge in [0.25, 0.3) is 0 Å². The van der Waals surface area contributed by atoms with Gasteiger partial charge in [0.2, 0.25) is 0 Å². The van der Waals surface area contributed by atoms with Crippen LogP contribution in [0, 0.1) is 0 Å². The molecule has 3 heteroatoms. The zero-order valence-corrected chi connectivity index (χ0v) is 10.3. The molecule has 0 atom stereocenters. The number of hydrogen-bond acceptors (Lipinski definition) is 2. The van der Waals surface area contributed by atoms with Crippen LogP contribution >= 0.6 is 11.6 Å². The lowest BCUT2D eigenvalue weighted by molar-refractivity contribution is 0.531. The van der Waals surface area contributed by atoms with Crippen molar-refractivity contribution in [1.29, 1.82) is 0 Å². The molecule has 1 aliphatic heterocycles. The average Bonchev–Trinajstić information content (AvgIpc) is 2.73. The molecular weight excluding hydrogens is 246 g/mol. The summed E-state index contributed by atoms with van der Waals surface area (Å²) in [5.41, 5.74) is 2.02. The van der Waals surface area contributed by atoms with E-state index in [1.165, 1.54) is 10.8 Å². The van der Waals surface area contributed by atoms with E-state index in [0.29, 0.717) is 11.7 Å². The molecule has 0 spiro atoms. The standard InChI is InChI=1S/C15H10ClNO/c16-15-7-12-11-5-9-3-1-2-4-10(9)6-13(11)18-14(12)8-17-15/h1-7,17H,8H2. The Morgan fingerprint density at radius 2 is 1.89 bits per heavy atom. The zero-order valence-electron chi connectivity index (χ0n) is 9.53. The van der Waals surface area contributed by atoms with Gasteiger partial charge in [-0.05, 0) is 29.0 Å². The van der Waals surface area contributed by atoms with Crippen LogP contribution in [0.2, 0.25) is 0 Å². The largest absolute Gasteiger partial charge is 0.459 e. The second kappa shape index (κ2) is 3.53. The predicted octanol–water partition coefficient (Wildman–Crippen LogP) is 4.23. The average molecular weight is 256 g/mol. The molecule has 2 aromatic carbocycles. The highest BCUT2D eigenvalue weighted by molar-refractivity contribution is 6.31. The lowest BCUT2D eigenvalue weighted by atomic mass is 10.0. The monoisotopic (exact) mass is 255 g/mol. The van der Waals surface area contributed by atoms with Crippen LogP contribution in [0.3, 0.4) is 0 Å². The maximum atomic E-state index is 6.03. The molecule has 0 aliphatic carbocycles. The Morgan fingerprint density at radius 1 is 1.11 bits per heavy atom. The number of nitrogens with one attached hydrogen (secondary N) is 1. The number of benzene rings is 2. The van der Waals surface area contributed by atoms with Gasteiger partial charge in [0.1, 0.15) is 16.5 Å². The molecule has 1 aromatic heterocycles. The van der Waals surface area contributed by atoms with Gasteiger partial charge in [0, 0.05) is 10.9 Å². The van der Waals surface area contributed by atoms with Crippen molar-refractivity contribution < 1.29 is 4.42 Å². The lowest BCUT2D eigenvalue weighted by Gasteiger charge is -2.09. The Kier molecular flexibility index (Phi) is 1.97. The Bertz CT molecular complexity index is 801. The van der Waals surface area contributed by atoms with Crippen molar-refractivity contribution in [3.8, 4) is 0 Å². The Balaban J connectivity index is 2.13. The van der Waals surface area contributed by atoms with E-state index >= 15 is 0 Å². The molecule has 0 saturated carbocycles. The SMILES string of the molecule is ClC1=Cc2c(oc3cc4ccccc4cc23)CN1. The molecule has 2 nitrogen and oxygen atoms in total. The van der Waals surface area contributed by atoms with Gasteiger partial charge in [0.05, 0.1) is 6.54 Å². The zero-order chi connectivity index (χ0) is 12.1. The maximum absolute atomic E-state index is 6.03. The maximum Gasteiger partial charge on any atom is 0.135 e. The molecule has 4 rings (SSSR count). The van der Waals surface area contributed by atoms with Crippen LogP contribution < -0.4 is 5.32 Å². The molecular formula is C15H10ClNO. The molecule has 0 fully saturated rings. The molecule has 3 aromatic rings. The Hall–Kier alpha value is -1.93. The third-order valence-electron chi connectivity index (χ3n) is 3.36. The topological polar surface area (TPSA) is 25.2 Å². The fraction of sp³-hybridized carbons (Fsp3) is 0.0667. The van der Waals surface area contributed by atoms with Gasteiger partial charge < -0.3 is 9.73 Å². The van der Waals surface area contributed by atoms with Crippen molar-refractivity contribution in [2.45, 2.75) is 6.54 Å². The molecule has 0 radical (unpaired) electrons. The van der Waals surface area contributed by atoms with Gasteiger partial charge in [0.15, 0.2) is 0 Å². The molecule has 0 unspecified atom stereocenters. The molecule has 18 heavy (non-hydrogen) atoms. The first kappa shape index (κ1) is 10.0. The number of halogens is 1. The number of rotatable bonds is 0. The summed E-state index contributed by atoms with van der Waals surface area (Å²) in [6.45, 7) is 0.649. The minimum atomic E-state index is 0.649. The van der Waals surface area contributed by atoms with Crippen LogP contribution in [-0.4, -0.2) is 0 Å². The van der Waals surface area contributed by atoms with Crippen molar-refractivity contribution in [3.63, 3.8) is 0 Å². The van der Waals surface area contributed by atoms with Crippen LogP contribution in [0.4, 0.5) is 0 Å². The number of fused-ring (bicyclic) bond motifs is 4. The van der Waals surface area contributed by atoms with Crippen LogP contribution in [0.1, 0.15) is 11.3 Å². The minimum absolute atomic E-state index is 0.649. The second-order valence-corrected chi connectivity index (χ2v) is 4.89. The summed E-state index contributed by atoms with van der Waals surface area (Å²) < 4.78 is 5.88. The van der Waals surface area contributed by atoms with E-state index in [0.717, 1.165) is 22.3 Å². The normalized spacial score (nSPS) is 14.4. The third-order valence-corrected chi connectivity index (χ3v) is 3.60. The van der Waals surface area contributed by atoms with Crippen LogP contribution in [0.5, 0.6) is 0 Å². The summed E-state index contributed by atoms with van der Waals surface area (Å²) in [6.07, 6.45) is 1.93. The van der Waals surface area contributed by atoms with Crippen molar-refractivity contribution in [2.24, 2.45) is 0 Å². The summed E-state index contributed by atoms with van der Waals surface area (Å²) in [7, 11) is 0. The highest BCUT2D eigenvalue weighted by Crippen LogP contribution is 2.33. The van der Waals surface area contributed by atoms with Crippen LogP contribution in [0.15, 0.2) is 46.0 Å². The summed E-state index contributed by atoms with van der Waals surface area (Å²) in [4.78, 5) is 0. The van der Waals surface area contributed by atoms with Gasteiger partial charge in [-0.25, -0.2) is 0 Å². The summed E-state index contributed by atoms with van der Waals surface area (Å²) in [5.74, 6) is 0.949. The predicted molar refractivity (Wildman–Crippen MR) is 74.4 cm³/mol. The second-order valence-electron chi connectivity index (χ2n) is 4.48. The molecule has 1 N–H and O–H groups in total. The van der Waals surface area contributed by atoms with Crippen molar-refractivity contribution in [3.05, 3.63) is 52.9 Å². The third kappa shape index (κ3) is 1.36. The van der Waals surface area contributed by atoms with Crippen LogP contribution in [-0.2, 0) is 6.54 Å². The Morgan fingerprint density at radius 3 is 2.72 bits per heavy atom. The van der Waals surface area contributed by atoms with Crippen molar-refractivity contribution in [2.75, 3.05) is 0 Å². The first-order valence-electron chi connectivity index (χ1n) is 5.86. The van der Waals surface area contributed by atoms with E-state index in [9.17, 15) is 0 Å². The van der Waals surface area contributed by atoms with Crippen molar-refractivity contribution in [1.82, 2.24) is 5.32 Å². The van der Waals surface area contributed by atoms with E-state index in [1.54, 1.807) is 0 Å². The first-order chi connectivity index (χ1) is 8.81. The summed E-state index contributed by atoms with van der Waals surface area (Å²) in [6, 6.07) is 12.5. The molecule has 88 valence electrons.